The van der Waals surface area contributed by atoms with Gasteiger partial charge in [-0.3, -0.25) is 4.79 Å². The highest BCUT2D eigenvalue weighted by Crippen LogP contribution is 2.29. The minimum atomic E-state index is -0.186. The number of carbonyl (C=O) groups is 1. The second-order valence-corrected chi connectivity index (χ2v) is 7.19. The molecule has 0 atom stereocenters. The van der Waals surface area contributed by atoms with Gasteiger partial charge in [0.2, 0.25) is 0 Å². The third-order valence-electron chi connectivity index (χ3n) is 4.93. The van der Waals surface area contributed by atoms with E-state index in [4.69, 9.17) is 4.74 Å². The Morgan fingerprint density at radius 3 is 2.33 bits per heavy atom. The van der Waals surface area contributed by atoms with E-state index in [9.17, 15) is 4.79 Å². The molecule has 0 aliphatic heterocycles. The second-order valence-electron chi connectivity index (χ2n) is 7.19. The first kappa shape index (κ1) is 19.5. The Labute approximate surface area is 176 Å². The van der Waals surface area contributed by atoms with E-state index in [2.05, 4.69) is 22.8 Å². The van der Waals surface area contributed by atoms with Crippen LogP contribution in [0.25, 0.3) is 10.8 Å². The molecule has 0 radical (unpaired) electrons. The molecule has 30 heavy (non-hydrogen) atoms. The van der Waals surface area contributed by atoms with Gasteiger partial charge in [0.1, 0.15) is 5.75 Å². The third kappa shape index (κ3) is 4.78. The average Bonchev–Trinajstić information content (AvgIpc) is 2.78. The number of anilines is 2. The van der Waals surface area contributed by atoms with Gasteiger partial charge in [0.25, 0.3) is 5.91 Å². The van der Waals surface area contributed by atoms with Gasteiger partial charge in [-0.25, -0.2) is 0 Å². The minimum absolute atomic E-state index is 0.0510. The van der Waals surface area contributed by atoms with Crippen LogP contribution in [0, 0.1) is 6.92 Å². The highest BCUT2D eigenvalue weighted by molar-refractivity contribution is 5.92. The molecule has 0 heterocycles. The zero-order valence-electron chi connectivity index (χ0n) is 16.9. The predicted octanol–water partition coefficient (Wildman–Crippen LogP) is 5.78. The first-order valence-electron chi connectivity index (χ1n) is 9.98. The molecule has 4 nitrogen and oxygen atoms in total. The number of fused-ring (bicyclic) bond motifs is 1. The highest BCUT2D eigenvalue weighted by Gasteiger charge is 2.11. The van der Waals surface area contributed by atoms with Crippen LogP contribution in [-0.4, -0.2) is 12.5 Å². The number of benzene rings is 4. The molecule has 2 N–H and O–H groups in total. The van der Waals surface area contributed by atoms with Crippen LogP contribution in [0.2, 0.25) is 0 Å². The standard InChI is InChI=1S/C26H24N2O2/c1-19-11-14-22(15-12-19)28-26(29)18-30-25-16-13-20-7-5-6-10-23(20)24(25)17-27-21-8-3-2-4-9-21/h2-16,27H,17-18H2,1H3,(H,28,29). The lowest BCUT2D eigenvalue weighted by Crippen LogP contribution is -2.20. The molecular weight excluding hydrogens is 372 g/mol. The summed E-state index contributed by atoms with van der Waals surface area (Å²) in [7, 11) is 0. The number of aryl methyl sites for hydroxylation is 1. The van der Waals surface area contributed by atoms with E-state index < -0.39 is 0 Å². The maximum Gasteiger partial charge on any atom is 0.262 e. The van der Waals surface area contributed by atoms with Gasteiger partial charge in [-0.15, -0.1) is 0 Å². The Morgan fingerprint density at radius 2 is 1.53 bits per heavy atom. The van der Waals surface area contributed by atoms with Crippen molar-refractivity contribution < 1.29 is 9.53 Å². The molecule has 0 bridgehead atoms. The summed E-state index contributed by atoms with van der Waals surface area (Å²) in [5, 5.41) is 8.57. The summed E-state index contributed by atoms with van der Waals surface area (Å²) in [4.78, 5) is 12.4. The maximum atomic E-state index is 12.4. The summed E-state index contributed by atoms with van der Waals surface area (Å²) >= 11 is 0. The summed E-state index contributed by atoms with van der Waals surface area (Å²) in [5.74, 6) is 0.519. The Bertz CT molecular complexity index is 1140. The molecule has 0 spiro atoms. The Kier molecular flexibility index (Phi) is 5.95. The smallest absolute Gasteiger partial charge is 0.262 e. The molecule has 4 aromatic carbocycles. The van der Waals surface area contributed by atoms with Crippen molar-refractivity contribution >= 4 is 28.1 Å². The van der Waals surface area contributed by atoms with Crippen molar-refractivity contribution in [2.45, 2.75) is 13.5 Å². The molecule has 0 saturated carbocycles. The number of para-hydroxylation sites is 1. The maximum absolute atomic E-state index is 12.4. The van der Waals surface area contributed by atoms with Gasteiger partial charge in [-0.1, -0.05) is 66.2 Å². The largest absolute Gasteiger partial charge is 0.483 e. The van der Waals surface area contributed by atoms with Crippen molar-refractivity contribution in [2.75, 3.05) is 17.2 Å². The molecular formula is C26H24N2O2. The van der Waals surface area contributed by atoms with Gasteiger partial charge in [0.05, 0.1) is 0 Å². The molecule has 0 aliphatic rings. The average molecular weight is 396 g/mol. The number of hydrogen-bond acceptors (Lipinski definition) is 3. The van der Waals surface area contributed by atoms with E-state index in [1.165, 1.54) is 0 Å². The number of nitrogens with one attached hydrogen (secondary N) is 2. The first-order valence-corrected chi connectivity index (χ1v) is 9.98. The minimum Gasteiger partial charge on any atom is -0.483 e. The Balaban J connectivity index is 1.50. The third-order valence-corrected chi connectivity index (χ3v) is 4.93. The number of ether oxygens (including phenoxy) is 1. The van der Waals surface area contributed by atoms with Crippen LogP contribution in [0.4, 0.5) is 11.4 Å². The first-order chi connectivity index (χ1) is 14.7. The van der Waals surface area contributed by atoms with Crippen molar-refractivity contribution in [1.29, 1.82) is 0 Å². The normalized spacial score (nSPS) is 10.6. The van der Waals surface area contributed by atoms with Crippen LogP contribution in [0.1, 0.15) is 11.1 Å². The Morgan fingerprint density at radius 1 is 0.800 bits per heavy atom. The number of carbonyl (C=O) groups excluding carboxylic acids is 1. The van der Waals surface area contributed by atoms with Crippen LogP contribution in [0.3, 0.4) is 0 Å². The summed E-state index contributed by atoms with van der Waals surface area (Å²) < 4.78 is 5.94. The van der Waals surface area contributed by atoms with E-state index in [1.54, 1.807) is 0 Å². The molecule has 4 rings (SSSR count). The molecule has 0 saturated heterocycles. The molecule has 4 aromatic rings. The summed E-state index contributed by atoms with van der Waals surface area (Å²) in [6.45, 7) is 2.56. The lowest BCUT2D eigenvalue weighted by Gasteiger charge is -2.16. The highest BCUT2D eigenvalue weighted by atomic mass is 16.5. The second kappa shape index (κ2) is 9.14. The van der Waals surface area contributed by atoms with Gasteiger partial charge in [-0.05, 0) is 48.0 Å². The monoisotopic (exact) mass is 396 g/mol. The topological polar surface area (TPSA) is 50.4 Å². The van der Waals surface area contributed by atoms with Gasteiger partial charge in [0.15, 0.2) is 6.61 Å². The van der Waals surface area contributed by atoms with Crippen LogP contribution in [0.5, 0.6) is 5.75 Å². The van der Waals surface area contributed by atoms with Crippen LogP contribution in [-0.2, 0) is 11.3 Å². The number of hydrogen-bond donors (Lipinski definition) is 2. The summed E-state index contributed by atoms with van der Waals surface area (Å²) in [5.41, 5.74) is 3.98. The lowest BCUT2D eigenvalue weighted by molar-refractivity contribution is -0.118. The lowest BCUT2D eigenvalue weighted by atomic mass is 10.0. The van der Waals surface area contributed by atoms with E-state index in [0.717, 1.165) is 33.3 Å². The molecule has 0 fully saturated rings. The van der Waals surface area contributed by atoms with Crippen molar-refractivity contribution in [3.05, 3.63) is 102 Å². The van der Waals surface area contributed by atoms with Gasteiger partial charge in [0, 0.05) is 23.5 Å². The van der Waals surface area contributed by atoms with Crippen LogP contribution in [0.15, 0.2) is 91.0 Å². The molecule has 1 amide bonds. The SMILES string of the molecule is Cc1ccc(NC(=O)COc2ccc3ccccc3c2CNc2ccccc2)cc1. The molecule has 4 heteroatoms. The van der Waals surface area contributed by atoms with Crippen molar-refractivity contribution in [1.82, 2.24) is 0 Å². The van der Waals surface area contributed by atoms with E-state index in [-0.39, 0.29) is 12.5 Å². The van der Waals surface area contributed by atoms with E-state index in [0.29, 0.717) is 12.3 Å². The molecule has 0 aromatic heterocycles. The van der Waals surface area contributed by atoms with Crippen molar-refractivity contribution in [3.63, 3.8) is 0 Å². The van der Waals surface area contributed by atoms with Crippen LogP contribution < -0.4 is 15.4 Å². The van der Waals surface area contributed by atoms with Gasteiger partial charge < -0.3 is 15.4 Å². The fraction of sp³-hybridized carbons (Fsp3) is 0.115. The number of rotatable bonds is 7. The summed E-state index contributed by atoms with van der Waals surface area (Å²) in [6.07, 6.45) is 0. The van der Waals surface area contributed by atoms with E-state index >= 15 is 0 Å². The fourth-order valence-corrected chi connectivity index (χ4v) is 3.36. The zero-order chi connectivity index (χ0) is 20.8. The Hall–Kier alpha value is -3.79. The molecule has 0 aliphatic carbocycles. The van der Waals surface area contributed by atoms with Crippen molar-refractivity contribution in [3.8, 4) is 5.75 Å². The fourth-order valence-electron chi connectivity index (χ4n) is 3.36. The van der Waals surface area contributed by atoms with E-state index in [1.807, 2.05) is 85.8 Å². The molecule has 0 unspecified atom stereocenters. The van der Waals surface area contributed by atoms with Crippen molar-refractivity contribution in [2.24, 2.45) is 0 Å². The summed E-state index contributed by atoms with van der Waals surface area (Å²) in [6, 6.07) is 29.9. The quantitative estimate of drug-likeness (QED) is 0.416. The van der Waals surface area contributed by atoms with Crippen LogP contribution >= 0.6 is 0 Å². The molecule has 150 valence electrons. The van der Waals surface area contributed by atoms with Gasteiger partial charge >= 0.3 is 0 Å². The zero-order valence-corrected chi connectivity index (χ0v) is 16.9. The predicted molar refractivity (Wildman–Crippen MR) is 123 cm³/mol. The number of amides is 1. The van der Waals surface area contributed by atoms with Gasteiger partial charge in [-0.2, -0.15) is 0 Å².